The molecule has 5 heteroatoms. The summed E-state index contributed by atoms with van der Waals surface area (Å²) in [5.41, 5.74) is 6.61. The quantitative estimate of drug-likeness (QED) is 0.513. The maximum atomic E-state index is 6.36. The van der Waals surface area contributed by atoms with Crippen LogP contribution < -0.4 is 9.80 Å². The molecular weight excluding hydrogens is 382 g/mol. The molecule has 4 heterocycles. The standard InChI is InChI=1S/C24H29N3O.ClH/c1-18-16-22(27-14-6-3-7-15-27)24-21(25-18)17-23(28-24)19-8-10-20(11-9-19)26-12-4-2-5-13-26;/h8-11,16-17H,2-7,12-15H2,1H3;1H. The van der Waals surface area contributed by atoms with Gasteiger partial charge in [-0.25, -0.2) is 4.98 Å². The van der Waals surface area contributed by atoms with Crippen LogP contribution in [0.3, 0.4) is 0 Å². The van der Waals surface area contributed by atoms with Crippen LogP contribution in [0.15, 0.2) is 40.8 Å². The number of anilines is 2. The van der Waals surface area contributed by atoms with E-state index in [4.69, 9.17) is 9.40 Å². The molecule has 5 rings (SSSR count). The molecule has 0 bridgehead atoms. The van der Waals surface area contributed by atoms with Gasteiger partial charge in [-0.1, -0.05) is 0 Å². The number of pyridine rings is 1. The zero-order valence-corrected chi connectivity index (χ0v) is 18.0. The van der Waals surface area contributed by atoms with Crippen LogP contribution >= 0.6 is 12.4 Å². The number of nitrogens with zero attached hydrogens (tertiary/aromatic N) is 3. The van der Waals surface area contributed by atoms with E-state index in [0.29, 0.717) is 0 Å². The maximum Gasteiger partial charge on any atom is 0.176 e. The molecule has 0 saturated carbocycles. The Morgan fingerprint density at radius 2 is 1.41 bits per heavy atom. The summed E-state index contributed by atoms with van der Waals surface area (Å²) in [5.74, 6) is 0.913. The molecule has 2 aliphatic heterocycles. The van der Waals surface area contributed by atoms with Crippen LogP contribution in [0, 0.1) is 6.92 Å². The summed E-state index contributed by atoms with van der Waals surface area (Å²) in [6, 6.07) is 13.1. The minimum absolute atomic E-state index is 0. The van der Waals surface area contributed by atoms with Crippen molar-refractivity contribution in [2.24, 2.45) is 0 Å². The molecule has 0 unspecified atom stereocenters. The van der Waals surface area contributed by atoms with Crippen LogP contribution in [-0.2, 0) is 0 Å². The van der Waals surface area contributed by atoms with Crippen molar-refractivity contribution in [1.82, 2.24) is 4.98 Å². The summed E-state index contributed by atoms with van der Waals surface area (Å²) in [4.78, 5) is 9.70. The van der Waals surface area contributed by atoms with Gasteiger partial charge in [0.05, 0.1) is 5.69 Å². The molecule has 4 nitrogen and oxygen atoms in total. The number of benzene rings is 1. The van der Waals surface area contributed by atoms with Crippen molar-refractivity contribution in [3.8, 4) is 11.3 Å². The van der Waals surface area contributed by atoms with Gasteiger partial charge in [-0.05, 0) is 75.8 Å². The van der Waals surface area contributed by atoms with Gasteiger partial charge < -0.3 is 14.2 Å². The Morgan fingerprint density at radius 1 is 0.793 bits per heavy atom. The fraction of sp³-hybridized carbons (Fsp3) is 0.458. The van der Waals surface area contributed by atoms with Crippen LogP contribution in [-0.4, -0.2) is 31.2 Å². The second-order valence-corrected chi connectivity index (χ2v) is 8.25. The molecular formula is C24H30ClN3O. The Bertz CT molecular complexity index is 954. The Balaban J connectivity index is 0.00000205. The molecule has 0 spiro atoms. The number of fused-ring (bicyclic) bond motifs is 1. The first-order valence-electron chi connectivity index (χ1n) is 10.8. The highest BCUT2D eigenvalue weighted by Gasteiger charge is 2.19. The number of halogens is 1. The summed E-state index contributed by atoms with van der Waals surface area (Å²) >= 11 is 0. The Kier molecular flexibility index (Phi) is 6.00. The molecule has 2 saturated heterocycles. The predicted molar refractivity (Wildman–Crippen MR) is 124 cm³/mol. The van der Waals surface area contributed by atoms with Gasteiger partial charge in [0, 0.05) is 49.2 Å². The van der Waals surface area contributed by atoms with Gasteiger partial charge in [0.25, 0.3) is 0 Å². The maximum absolute atomic E-state index is 6.36. The van der Waals surface area contributed by atoms with Crippen LogP contribution in [0.25, 0.3) is 22.4 Å². The molecule has 2 fully saturated rings. The topological polar surface area (TPSA) is 32.5 Å². The normalized spacial score (nSPS) is 17.4. The van der Waals surface area contributed by atoms with Gasteiger partial charge in [-0.3, -0.25) is 0 Å². The summed E-state index contributed by atoms with van der Waals surface area (Å²) in [5, 5.41) is 0. The molecule has 2 aromatic heterocycles. The Morgan fingerprint density at radius 3 is 2.07 bits per heavy atom. The first-order chi connectivity index (χ1) is 13.8. The van der Waals surface area contributed by atoms with Crippen LogP contribution in [0.2, 0.25) is 0 Å². The molecule has 0 N–H and O–H groups in total. The average molecular weight is 412 g/mol. The summed E-state index contributed by atoms with van der Waals surface area (Å²) in [6.45, 7) is 6.64. The summed E-state index contributed by atoms with van der Waals surface area (Å²) in [6.07, 6.45) is 7.81. The van der Waals surface area contributed by atoms with Crippen LogP contribution in [0.5, 0.6) is 0 Å². The Hall–Kier alpha value is -2.20. The van der Waals surface area contributed by atoms with Crippen molar-refractivity contribution < 1.29 is 4.42 Å². The van der Waals surface area contributed by atoms with E-state index in [0.717, 1.165) is 41.2 Å². The van der Waals surface area contributed by atoms with E-state index in [1.807, 2.05) is 0 Å². The molecule has 29 heavy (non-hydrogen) atoms. The van der Waals surface area contributed by atoms with Crippen molar-refractivity contribution in [3.05, 3.63) is 42.1 Å². The van der Waals surface area contributed by atoms with Crippen molar-refractivity contribution >= 4 is 34.9 Å². The fourth-order valence-electron chi connectivity index (χ4n) is 4.63. The van der Waals surface area contributed by atoms with Crippen LogP contribution in [0.1, 0.15) is 44.2 Å². The number of aryl methyl sites for hydroxylation is 1. The van der Waals surface area contributed by atoms with E-state index in [1.165, 1.54) is 63.0 Å². The van der Waals surface area contributed by atoms with Crippen molar-refractivity contribution in [2.45, 2.75) is 45.4 Å². The smallest absolute Gasteiger partial charge is 0.176 e. The number of aromatic nitrogens is 1. The van der Waals surface area contributed by atoms with Gasteiger partial charge in [0.15, 0.2) is 5.58 Å². The lowest BCUT2D eigenvalue weighted by molar-refractivity contribution is 0.571. The van der Waals surface area contributed by atoms with E-state index in [9.17, 15) is 0 Å². The van der Waals surface area contributed by atoms with Crippen molar-refractivity contribution in [1.29, 1.82) is 0 Å². The lowest BCUT2D eigenvalue weighted by atomic mass is 10.1. The Labute approximate surface area is 179 Å². The van der Waals surface area contributed by atoms with Gasteiger partial charge in [0.2, 0.25) is 0 Å². The third-order valence-corrected chi connectivity index (χ3v) is 6.16. The third kappa shape index (κ3) is 4.09. The fourth-order valence-corrected chi connectivity index (χ4v) is 4.63. The van der Waals surface area contributed by atoms with Crippen LogP contribution in [0.4, 0.5) is 11.4 Å². The summed E-state index contributed by atoms with van der Waals surface area (Å²) in [7, 11) is 0. The minimum Gasteiger partial charge on any atom is -0.452 e. The van der Waals surface area contributed by atoms with E-state index in [1.54, 1.807) is 0 Å². The molecule has 3 aromatic rings. The number of rotatable bonds is 3. The highest BCUT2D eigenvalue weighted by molar-refractivity contribution is 5.90. The van der Waals surface area contributed by atoms with Gasteiger partial charge in [-0.2, -0.15) is 0 Å². The molecule has 2 aliphatic rings. The molecule has 0 amide bonds. The first kappa shape index (κ1) is 20.1. The van der Waals surface area contributed by atoms with Crippen molar-refractivity contribution in [2.75, 3.05) is 36.0 Å². The predicted octanol–water partition coefficient (Wildman–Crippen LogP) is 6.21. The minimum atomic E-state index is 0. The number of furan rings is 1. The van der Waals surface area contributed by atoms with E-state index in [2.05, 4.69) is 53.1 Å². The lowest BCUT2D eigenvalue weighted by Crippen LogP contribution is -2.29. The highest BCUT2D eigenvalue weighted by atomic mass is 35.5. The zero-order chi connectivity index (χ0) is 18.9. The highest BCUT2D eigenvalue weighted by Crippen LogP contribution is 2.35. The van der Waals surface area contributed by atoms with E-state index >= 15 is 0 Å². The SMILES string of the molecule is Cc1cc(N2CCCCC2)c2oc(-c3ccc(N4CCCCC4)cc3)cc2n1.Cl. The first-order valence-corrected chi connectivity index (χ1v) is 10.8. The van der Waals surface area contributed by atoms with Gasteiger partial charge in [-0.15, -0.1) is 12.4 Å². The van der Waals surface area contributed by atoms with E-state index < -0.39 is 0 Å². The molecule has 0 radical (unpaired) electrons. The average Bonchev–Trinajstić information content (AvgIpc) is 3.18. The number of hydrogen-bond donors (Lipinski definition) is 0. The second kappa shape index (κ2) is 8.66. The summed E-state index contributed by atoms with van der Waals surface area (Å²) < 4.78 is 6.36. The molecule has 154 valence electrons. The molecule has 0 atom stereocenters. The van der Waals surface area contributed by atoms with Crippen molar-refractivity contribution in [3.63, 3.8) is 0 Å². The molecule has 0 aliphatic carbocycles. The monoisotopic (exact) mass is 411 g/mol. The second-order valence-electron chi connectivity index (χ2n) is 8.25. The third-order valence-electron chi connectivity index (χ3n) is 6.16. The molecule has 1 aromatic carbocycles. The van der Waals surface area contributed by atoms with Gasteiger partial charge >= 0.3 is 0 Å². The lowest BCUT2D eigenvalue weighted by Gasteiger charge is -2.29. The van der Waals surface area contributed by atoms with E-state index in [-0.39, 0.29) is 12.4 Å². The zero-order valence-electron chi connectivity index (χ0n) is 17.2. The number of hydrogen-bond acceptors (Lipinski definition) is 4. The number of piperidine rings is 2. The van der Waals surface area contributed by atoms with Gasteiger partial charge in [0.1, 0.15) is 11.3 Å². The largest absolute Gasteiger partial charge is 0.452 e.